The number of aromatic nitrogens is 2. The first-order chi connectivity index (χ1) is 19.8. The number of piperidine rings is 1. The van der Waals surface area contributed by atoms with Gasteiger partial charge < -0.3 is 19.5 Å². The van der Waals surface area contributed by atoms with Gasteiger partial charge in [-0.05, 0) is 69.4 Å². The van der Waals surface area contributed by atoms with Crippen LogP contribution in [0.25, 0.3) is 11.0 Å². The molecule has 0 atom stereocenters. The highest BCUT2D eigenvalue weighted by Crippen LogP contribution is 2.32. The maximum absolute atomic E-state index is 14.3. The number of halogens is 4. The van der Waals surface area contributed by atoms with Crippen LogP contribution in [0.2, 0.25) is 0 Å². The SMILES string of the molecule is CC(C)(C)OC(=O)N1CCC(c2ccc3nc(C(=O)N4CCN(Cc5ccc(C(F)(F)F)cc5F)CC4)[nH]c3c2)CC1. The number of alkyl halides is 3. The molecule has 3 aromatic rings. The Balaban J connectivity index is 1.16. The summed E-state index contributed by atoms with van der Waals surface area (Å²) in [6.07, 6.45) is -3.26. The van der Waals surface area contributed by atoms with Gasteiger partial charge in [0.1, 0.15) is 11.4 Å². The summed E-state index contributed by atoms with van der Waals surface area (Å²) in [7, 11) is 0. The number of hydrogen-bond acceptors (Lipinski definition) is 5. The fourth-order valence-corrected chi connectivity index (χ4v) is 5.46. The standard InChI is InChI=1S/C30H35F4N5O3/c1-29(2,3)42-28(41)39-10-8-19(9-11-39)20-5-7-24-25(16-20)36-26(35-24)27(40)38-14-12-37(13-15-38)18-21-4-6-22(17-23(21)31)30(32,33)34/h4-7,16-17,19H,8-15,18H2,1-3H3,(H,35,36). The van der Waals surface area contributed by atoms with Crippen LogP contribution >= 0.6 is 0 Å². The third kappa shape index (κ3) is 6.86. The molecule has 2 aliphatic heterocycles. The normalized spacial score (nSPS) is 17.6. The monoisotopic (exact) mass is 589 g/mol. The maximum Gasteiger partial charge on any atom is 0.416 e. The molecular weight excluding hydrogens is 554 g/mol. The number of rotatable bonds is 4. The number of likely N-dealkylation sites (tertiary alicyclic amines) is 1. The van der Waals surface area contributed by atoms with Crippen molar-refractivity contribution in [1.82, 2.24) is 24.7 Å². The van der Waals surface area contributed by atoms with E-state index in [0.717, 1.165) is 30.0 Å². The van der Waals surface area contributed by atoms with Gasteiger partial charge in [0.15, 0.2) is 5.82 Å². The number of aromatic amines is 1. The molecule has 0 unspecified atom stereocenters. The number of carbonyl (C=O) groups excluding carboxylic acids is 2. The van der Waals surface area contributed by atoms with E-state index in [1.54, 1.807) is 9.80 Å². The fourth-order valence-electron chi connectivity index (χ4n) is 5.46. The lowest BCUT2D eigenvalue weighted by Gasteiger charge is -2.34. The molecular formula is C30H35F4N5O3. The van der Waals surface area contributed by atoms with E-state index in [2.05, 4.69) is 9.97 Å². The summed E-state index contributed by atoms with van der Waals surface area (Å²) in [5, 5.41) is 0. The van der Waals surface area contributed by atoms with E-state index in [9.17, 15) is 27.2 Å². The molecule has 5 rings (SSSR count). The van der Waals surface area contributed by atoms with Crippen molar-refractivity contribution in [3.63, 3.8) is 0 Å². The molecule has 2 aromatic carbocycles. The van der Waals surface area contributed by atoms with Crippen molar-refractivity contribution in [2.24, 2.45) is 0 Å². The van der Waals surface area contributed by atoms with Crippen molar-refractivity contribution in [3.8, 4) is 0 Å². The summed E-state index contributed by atoms with van der Waals surface area (Å²) >= 11 is 0. The first-order valence-corrected chi connectivity index (χ1v) is 14.1. The van der Waals surface area contributed by atoms with Crippen molar-refractivity contribution >= 4 is 23.0 Å². The van der Waals surface area contributed by atoms with Crippen LogP contribution in [0, 0.1) is 5.82 Å². The van der Waals surface area contributed by atoms with Gasteiger partial charge in [-0.15, -0.1) is 0 Å². The average Bonchev–Trinajstić information content (AvgIpc) is 3.36. The Morgan fingerprint density at radius 3 is 2.26 bits per heavy atom. The second-order valence-electron chi connectivity index (χ2n) is 12.0. The summed E-state index contributed by atoms with van der Waals surface area (Å²) in [6, 6.07) is 8.51. The zero-order chi connectivity index (χ0) is 30.2. The van der Waals surface area contributed by atoms with E-state index in [1.807, 2.05) is 43.9 Å². The highest BCUT2D eigenvalue weighted by atomic mass is 19.4. The highest BCUT2D eigenvalue weighted by molar-refractivity contribution is 5.94. The van der Waals surface area contributed by atoms with Crippen LogP contribution in [0.5, 0.6) is 0 Å². The van der Waals surface area contributed by atoms with E-state index in [4.69, 9.17) is 4.74 Å². The number of carbonyl (C=O) groups is 2. The van der Waals surface area contributed by atoms with Gasteiger partial charge in [-0.3, -0.25) is 9.69 Å². The van der Waals surface area contributed by atoms with Crippen LogP contribution in [0.3, 0.4) is 0 Å². The lowest BCUT2D eigenvalue weighted by Crippen LogP contribution is -2.48. The highest BCUT2D eigenvalue weighted by Gasteiger charge is 2.32. The molecule has 1 aromatic heterocycles. The zero-order valence-electron chi connectivity index (χ0n) is 23.9. The molecule has 226 valence electrons. The second-order valence-corrected chi connectivity index (χ2v) is 12.0. The molecule has 0 saturated carbocycles. The number of nitrogens with one attached hydrogen (secondary N) is 1. The molecule has 1 N–H and O–H groups in total. The average molecular weight is 590 g/mol. The molecule has 2 amide bonds. The summed E-state index contributed by atoms with van der Waals surface area (Å²) in [6.45, 7) is 8.64. The molecule has 12 heteroatoms. The topological polar surface area (TPSA) is 81.8 Å². The van der Waals surface area contributed by atoms with Crippen LogP contribution in [-0.4, -0.2) is 81.5 Å². The van der Waals surface area contributed by atoms with Crippen molar-refractivity contribution in [2.75, 3.05) is 39.3 Å². The summed E-state index contributed by atoms with van der Waals surface area (Å²) in [4.78, 5) is 38.6. The van der Waals surface area contributed by atoms with Gasteiger partial charge in [-0.2, -0.15) is 13.2 Å². The molecule has 0 spiro atoms. The zero-order valence-corrected chi connectivity index (χ0v) is 23.9. The smallest absolute Gasteiger partial charge is 0.416 e. The number of hydrogen-bond donors (Lipinski definition) is 1. The molecule has 0 radical (unpaired) electrons. The first kappa shape index (κ1) is 29.8. The van der Waals surface area contributed by atoms with Gasteiger partial charge in [0.05, 0.1) is 16.6 Å². The molecule has 42 heavy (non-hydrogen) atoms. The van der Waals surface area contributed by atoms with E-state index in [-0.39, 0.29) is 35.9 Å². The maximum atomic E-state index is 14.3. The minimum atomic E-state index is -4.59. The molecule has 0 bridgehead atoms. The van der Waals surface area contributed by atoms with Gasteiger partial charge in [0, 0.05) is 51.4 Å². The molecule has 2 fully saturated rings. The first-order valence-electron chi connectivity index (χ1n) is 14.1. The van der Waals surface area contributed by atoms with E-state index < -0.39 is 23.2 Å². The van der Waals surface area contributed by atoms with Crippen LogP contribution in [-0.2, 0) is 17.5 Å². The van der Waals surface area contributed by atoms with Gasteiger partial charge in [-0.25, -0.2) is 14.2 Å². The Kier molecular flexibility index (Phi) is 8.19. The number of piperazine rings is 1. The lowest BCUT2D eigenvalue weighted by molar-refractivity contribution is -0.137. The third-order valence-corrected chi connectivity index (χ3v) is 7.76. The number of benzene rings is 2. The Bertz CT molecular complexity index is 1450. The minimum Gasteiger partial charge on any atom is -0.444 e. The van der Waals surface area contributed by atoms with Gasteiger partial charge in [0.2, 0.25) is 0 Å². The number of ether oxygens (including phenoxy) is 1. The third-order valence-electron chi connectivity index (χ3n) is 7.76. The molecule has 0 aliphatic carbocycles. The second kappa shape index (κ2) is 11.5. The van der Waals surface area contributed by atoms with E-state index >= 15 is 0 Å². The Hall–Kier alpha value is -3.67. The van der Waals surface area contributed by atoms with E-state index in [0.29, 0.717) is 50.9 Å². The number of imidazole rings is 1. The summed E-state index contributed by atoms with van der Waals surface area (Å²) < 4.78 is 58.3. The minimum absolute atomic E-state index is 0.163. The lowest BCUT2D eigenvalue weighted by atomic mass is 9.89. The Morgan fingerprint density at radius 2 is 1.64 bits per heavy atom. The van der Waals surface area contributed by atoms with Crippen molar-refractivity contribution in [2.45, 2.75) is 57.9 Å². The molecule has 8 nitrogen and oxygen atoms in total. The number of fused-ring (bicyclic) bond motifs is 1. The van der Waals surface area contributed by atoms with Crippen LogP contribution in [0.4, 0.5) is 22.4 Å². The Labute approximate surface area is 241 Å². The van der Waals surface area contributed by atoms with Crippen LogP contribution in [0.1, 0.15) is 66.8 Å². The predicted molar refractivity (Wildman–Crippen MR) is 148 cm³/mol. The largest absolute Gasteiger partial charge is 0.444 e. The number of amides is 2. The van der Waals surface area contributed by atoms with E-state index in [1.165, 1.54) is 6.07 Å². The van der Waals surface area contributed by atoms with Gasteiger partial charge in [0.25, 0.3) is 5.91 Å². The fraction of sp³-hybridized carbons (Fsp3) is 0.500. The van der Waals surface area contributed by atoms with Crippen LogP contribution < -0.4 is 0 Å². The summed E-state index contributed by atoms with van der Waals surface area (Å²) in [5.74, 6) is -0.611. The summed E-state index contributed by atoms with van der Waals surface area (Å²) in [5.41, 5.74) is 1.22. The quantitative estimate of drug-likeness (QED) is 0.390. The number of nitrogens with zero attached hydrogens (tertiary/aromatic N) is 4. The Morgan fingerprint density at radius 1 is 0.952 bits per heavy atom. The molecule has 2 aliphatic rings. The van der Waals surface area contributed by atoms with Crippen molar-refractivity contribution in [3.05, 3.63) is 64.7 Å². The van der Waals surface area contributed by atoms with Crippen molar-refractivity contribution in [1.29, 1.82) is 0 Å². The number of H-pyrrole nitrogens is 1. The van der Waals surface area contributed by atoms with Crippen molar-refractivity contribution < 1.29 is 31.9 Å². The van der Waals surface area contributed by atoms with Crippen LogP contribution in [0.15, 0.2) is 36.4 Å². The van der Waals surface area contributed by atoms with Gasteiger partial charge in [-0.1, -0.05) is 12.1 Å². The van der Waals surface area contributed by atoms with Gasteiger partial charge >= 0.3 is 12.3 Å². The molecule has 2 saturated heterocycles. The molecule has 3 heterocycles. The predicted octanol–water partition coefficient (Wildman–Crippen LogP) is 5.79.